The van der Waals surface area contributed by atoms with Crippen LogP contribution in [0.2, 0.25) is 0 Å². The lowest BCUT2D eigenvalue weighted by molar-refractivity contribution is -0.120. The number of nitrogens with one attached hydrogen (secondary N) is 1. The van der Waals surface area contributed by atoms with Crippen molar-refractivity contribution < 1.29 is 9.53 Å². The molecule has 0 aliphatic carbocycles. The van der Waals surface area contributed by atoms with Gasteiger partial charge in [-0.3, -0.25) is 4.79 Å². The summed E-state index contributed by atoms with van der Waals surface area (Å²) in [6.45, 7) is 6.71. The topological polar surface area (TPSA) is 67.6 Å². The van der Waals surface area contributed by atoms with Gasteiger partial charge in [0, 0.05) is 24.5 Å². The summed E-state index contributed by atoms with van der Waals surface area (Å²) in [4.78, 5) is 14.0. The van der Waals surface area contributed by atoms with E-state index in [1.54, 1.807) is 13.8 Å². The summed E-state index contributed by atoms with van der Waals surface area (Å²) in [6.07, 6.45) is 0. The van der Waals surface area contributed by atoms with E-state index in [0.29, 0.717) is 0 Å². The smallest absolute Gasteiger partial charge is 0.243 e. The van der Waals surface area contributed by atoms with Crippen LogP contribution in [-0.2, 0) is 9.53 Å². The molecule has 0 radical (unpaired) electrons. The Kier molecular flexibility index (Phi) is 4.07. The quantitative estimate of drug-likeness (QED) is 0.860. The number of hydrogen-bond acceptors (Lipinski definition) is 4. The van der Waals surface area contributed by atoms with Crippen molar-refractivity contribution in [1.29, 1.82) is 0 Å². The fraction of sp³-hybridized carbons (Fsp3) is 0.500. The van der Waals surface area contributed by atoms with Crippen molar-refractivity contribution in [3.63, 3.8) is 0 Å². The Balaban J connectivity index is 2.00. The van der Waals surface area contributed by atoms with Crippen molar-refractivity contribution in [2.45, 2.75) is 19.4 Å². The Labute approximate surface area is 113 Å². The molecule has 1 aliphatic rings. The van der Waals surface area contributed by atoms with Gasteiger partial charge in [-0.15, -0.1) is 0 Å². The van der Waals surface area contributed by atoms with E-state index in [-0.39, 0.29) is 5.91 Å². The third-order valence-corrected chi connectivity index (χ3v) is 3.09. The maximum atomic E-state index is 11.8. The maximum Gasteiger partial charge on any atom is 0.243 e. The molecule has 0 atom stereocenters. The van der Waals surface area contributed by atoms with E-state index in [1.165, 1.54) is 0 Å². The second-order valence-electron chi connectivity index (χ2n) is 5.32. The molecule has 1 heterocycles. The number of ether oxygens (including phenoxy) is 1. The van der Waals surface area contributed by atoms with E-state index in [2.05, 4.69) is 10.2 Å². The standard InChI is InChI=1S/C14H21N3O2/c1-14(2,15)13(18)16-11-3-5-12(6-4-11)17-7-9-19-10-8-17/h3-6H,7-10,15H2,1-2H3,(H,16,18). The van der Waals surface area contributed by atoms with E-state index in [9.17, 15) is 4.79 Å². The van der Waals surface area contributed by atoms with Gasteiger partial charge in [-0.05, 0) is 38.1 Å². The second-order valence-corrected chi connectivity index (χ2v) is 5.32. The molecule has 1 saturated heterocycles. The van der Waals surface area contributed by atoms with Crippen molar-refractivity contribution >= 4 is 17.3 Å². The van der Waals surface area contributed by atoms with E-state index in [0.717, 1.165) is 37.7 Å². The van der Waals surface area contributed by atoms with Crippen LogP contribution in [0, 0.1) is 0 Å². The van der Waals surface area contributed by atoms with Gasteiger partial charge < -0.3 is 20.7 Å². The van der Waals surface area contributed by atoms with Crippen LogP contribution in [0.25, 0.3) is 0 Å². The number of benzene rings is 1. The molecule has 0 bridgehead atoms. The molecule has 104 valence electrons. The zero-order chi connectivity index (χ0) is 13.9. The number of nitrogens with zero attached hydrogens (tertiary/aromatic N) is 1. The highest BCUT2D eigenvalue weighted by Gasteiger charge is 2.21. The predicted molar refractivity (Wildman–Crippen MR) is 76.4 cm³/mol. The summed E-state index contributed by atoms with van der Waals surface area (Å²) in [5, 5.41) is 2.80. The van der Waals surface area contributed by atoms with Crippen molar-refractivity contribution in [3.8, 4) is 0 Å². The largest absolute Gasteiger partial charge is 0.378 e. The molecule has 1 aromatic rings. The third-order valence-electron chi connectivity index (χ3n) is 3.09. The number of rotatable bonds is 3. The first kappa shape index (κ1) is 13.8. The highest BCUT2D eigenvalue weighted by Crippen LogP contribution is 2.19. The van der Waals surface area contributed by atoms with Crippen molar-refractivity contribution in [2.24, 2.45) is 5.73 Å². The first-order chi connectivity index (χ1) is 8.97. The van der Waals surface area contributed by atoms with Gasteiger partial charge in [0.05, 0.1) is 18.8 Å². The second kappa shape index (κ2) is 5.59. The number of nitrogens with two attached hydrogens (primary N) is 1. The van der Waals surface area contributed by atoms with Crippen LogP contribution < -0.4 is 16.0 Å². The van der Waals surface area contributed by atoms with Gasteiger partial charge in [-0.1, -0.05) is 0 Å². The number of carbonyl (C=O) groups excluding carboxylic acids is 1. The molecule has 0 spiro atoms. The average molecular weight is 263 g/mol. The van der Waals surface area contributed by atoms with Gasteiger partial charge in [0.15, 0.2) is 0 Å². The van der Waals surface area contributed by atoms with Crippen LogP contribution in [0.15, 0.2) is 24.3 Å². The third kappa shape index (κ3) is 3.68. The first-order valence-corrected chi connectivity index (χ1v) is 6.50. The Morgan fingerprint density at radius 3 is 2.37 bits per heavy atom. The summed E-state index contributed by atoms with van der Waals surface area (Å²) in [5.74, 6) is -0.188. The number of amides is 1. The minimum Gasteiger partial charge on any atom is -0.378 e. The molecule has 5 nitrogen and oxygen atoms in total. The monoisotopic (exact) mass is 263 g/mol. The summed E-state index contributed by atoms with van der Waals surface area (Å²) < 4.78 is 5.32. The van der Waals surface area contributed by atoms with Gasteiger partial charge in [-0.2, -0.15) is 0 Å². The molecule has 1 fully saturated rings. The van der Waals surface area contributed by atoms with Gasteiger partial charge >= 0.3 is 0 Å². The zero-order valence-electron chi connectivity index (χ0n) is 11.5. The molecule has 0 saturated carbocycles. The molecule has 5 heteroatoms. The molecule has 1 aliphatic heterocycles. The predicted octanol–water partition coefficient (Wildman–Crippen LogP) is 1.20. The van der Waals surface area contributed by atoms with Crippen LogP contribution in [0.5, 0.6) is 0 Å². The van der Waals surface area contributed by atoms with Crippen molar-refractivity contribution in [1.82, 2.24) is 0 Å². The summed E-state index contributed by atoms with van der Waals surface area (Å²) >= 11 is 0. The molecule has 2 rings (SSSR count). The Morgan fingerprint density at radius 1 is 1.26 bits per heavy atom. The van der Waals surface area contributed by atoms with E-state index >= 15 is 0 Å². The Hall–Kier alpha value is -1.59. The van der Waals surface area contributed by atoms with Gasteiger partial charge in [0.25, 0.3) is 0 Å². The van der Waals surface area contributed by atoms with Crippen molar-refractivity contribution in [3.05, 3.63) is 24.3 Å². The van der Waals surface area contributed by atoms with Crippen LogP contribution in [0.3, 0.4) is 0 Å². The van der Waals surface area contributed by atoms with Crippen LogP contribution in [-0.4, -0.2) is 37.7 Å². The minimum absolute atomic E-state index is 0.188. The lowest BCUT2D eigenvalue weighted by atomic mass is 10.1. The summed E-state index contributed by atoms with van der Waals surface area (Å²) in [7, 11) is 0. The van der Waals surface area contributed by atoms with E-state index in [4.69, 9.17) is 10.5 Å². The molecule has 3 N–H and O–H groups in total. The molecular formula is C14H21N3O2. The number of hydrogen-bond donors (Lipinski definition) is 2. The van der Waals surface area contributed by atoms with Crippen LogP contribution in [0.4, 0.5) is 11.4 Å². The highest BCUT2D eigenvalue weighted by atomic mass is 16.5. The molecule has 1 aromatic carbocycles. The normalized spacial score (nSPS) is 16.3. The van der Waals surface area contributed by atoms with E-state index in [1.807, 2.05) is 24.3 Å². The fourth-order valence-electron chi connectivity index (χ4n) is 1.87. The van der Waals surface area contributed by atoms with E-state index < -0.39 is 5.54 Å². The Morgan fingerprint density at radius 2 is 1.84 bits per heavy atom. The Bertz CT molecular complexity index is 431. The lowest BCUT2D eigenvalue weighted by Gasteiger charge is -2.29. The number of anilines is 2. The number of carbonyl (C=O) groups is 1. The molecule has 0 unspecified atom stereocenters. The lowest BCUT2D eigenvalue weighted by Crippen LogP contribution is -2.45. The highest BCUT2D eigenvalue weighted by molar-refractivity contribution is 5.97. The molecule has 19 heavy (non-hydrogen) atoms. The van der Waals surface area contributed by atoms with Crippen molar-refractivity contribution in [2.75, 3.05) is 36.5 Å². The SMILES string of the molecule is CC(C)(N)C(=O)Nc1ccc(N2CCOCC2)cc1. The van der Waals surface area contributed by atoms with Crippen LogP contribution in [0.1, 0.15) is 13.8 Å². The summed E-state index contributed by atoms with van der Waals surface area (Å²) in [6, 6.07) is 7.80. The zero-order valence-corrected chi connectivity index (χ0v) is 11.5. The first-order valence-electron chi connectivity index (χ1n) is 6.50. The molecule has 1 amide bonds. The minimum atomic E-state index is -0.872. The fourth-order valence-corrected chi connectivity index (χ4v) is 1.87. The molecular weight excluding hydrogens is 242 g/mol. The average Bonchev–Trinajstić information content (AvgIpc) is 2.39. The van der Waals surface area contributed by atoms with Gasteiger partial charge in [0.2, 0.25) is 5.91 Å². The maximum absolute atomic E-state index is 11.8. The summed E-state index contributed by atoms with van der Waals surface area (Å²) in [5.41, 5.74) is 6.78. The van der Waals surface area contributed by atoms with Crippen LogP contribution >= 0.6 is 0 Å². The number of morpholine rings is 1. The van der Waals surface area contributed by atoms with Gasteiger partial charge in [-0.25, -0.2) is 0 Å². The van der Waals surface area contributed by atoms with Gasteiger partial charge in [0.1, 0.15) is 0 Å². The molecule has 0 aromatic heterocycles.